The van der Waals surface area contributed by atoms with E-state index in [2.05, 4.69) is 9.97 Å². The first-order chi connectivity index (χ1) is 11.3. The van der Waals surface area contributed by atoms with E-state index in [1.165, 1.54) is 6.33 Å². The summed E-state index contributed by atoms with van der Waals surface area (Å²) in [6.07, 6.45) is -3.26. The number of alkyl halides is 3. The molecule has 0 radical (unpaired) electrons. The number of nitrogens with one attached hydrogen (secondary N) is 1. The van der Waals surface area contributed by atoms with Crippen LogP contribution in [0.15, 0.2) is 29.3 Å². The maximum absolute atomic E-state index is 12.4. The minimum atomic E-state index is -4.85. The fraction of sp³-hybridized carbons (Fsp3) is 0.400. The van der Waals surface area contributed by atoms with Gasteiger partial charge in [0.1, 0.15) is 11.9 Å². The highest BCUT2D eigenvalue weighted by Gasteiger charge is 2.43. The van der Waals surface area contributed by atoms with Crippen molar-refractivity contribution in [1.82, 2.24) is 14.9 Å². The lowest BCUT2D eigenvalue weighted by Crippen LogP contribution is -2.47. The minimum Gasteiger partial charge on any atom is -0.490 e. The van der Waals surface area contributed by atoms with Crippen molar-refractivity contribution in [1.29, 1.82) is 0 Å². The van der Waals surface area contributed by atoms with Crippen molar-refractivity contribution >= 4 is 16.8 Å². The zero-order chi connectivity index (χ0) is 17.3. The van der Waals surface area contributed by atoms with Crippen LogP contribution in [-0.2, 0) is 4.79 Å². The van der Waals surface area contributed by atoms with Gasteiger partial charge in [0, 0.05) is 25.9 Å². The van der Waals surface area contributed by atoms with Gasteiger partial charge in [0.25, 0.3) is 5.56 Å². The van der Waals surface area contributed by atoms with Gasteiger partial charge in [0.2, 0.25) is 0 Å². The monoisotopic (exact) mass is 341 g/mol. The molecule has 0 saturated carbocycles. The van der Waals surface area contributed by atoms with Crippen LogP contribution in [-0.4, -0.2) is 46.1 Å². The number of nitrogens with zero attached hydrogens (tertiary/aromatic N) is 2. The molecule has 128 valence electrons. The average Bonchev–Trinajstić information content (AvgIpc) is 2.55. The lowest BCUT2D eigenvalue weighted by Gasteiger charge is -2.32. The van der Waals surface area contributed by atoms with Crippen LogP contribution in [0.4, 0.5) is 13.2 Å². The van der Waals surface area contributed by atoms with Crippen LogP contribution in [0.1, 0.15) is 12.8 Å². The number of H-pyrrole nitrogens is 1. The number of ether oxygens (including phenoxy) is 1. The Hall–Kier alpha value is -2.58. The Bertz CT molecular complexity index is 811. The second-order valence-electron chi connectivity index (χ2n) is 5.52. The Morgan fingerprint density at radius 3 is 2.67 bits per heavy atom. The van der Waals surface area contributed by atoms with Crippen molar-refractivity contribution in [3.63, 3.8) is 0 Å². The first-order valence-corrected chi connectivity index (χ1v) is 7.35. The Morgan fingerprint density at radius 1 is 1.29 bits per heavy atom. The molecule has 1 aliphatic rings. The number of carbonyl (C=O) groups is 1. The number of aromatic amines is 1. The van der Waals surface area contributed by atoms with Gasteiger partial charge in [-0.15, -0.1) is 0 Å². The van der Waals surface area contributed by atoms with Crippen LogP contribution in [0.3, 0.4) is 0 Å². The molecule has 1 saturated heterocycles. The topological polar surface area (TPSA) is 75.3 Å². The lowest BCUT2D eigenvalue weighted by atomic mass is 10.1. The van der Waals surface area contributed by atoms with E-state index >= 15 is 0 Å². The van der Waals surface area contributed by atoms with E-state index in [1.54, 1.807) is 18.2 Å². The van der Waals surface area contributed by atoms with Crippen LogP contribution in [0.25, 0.3) is 10.9 Å². The smallest absolute Gasteiger partial charge is 0.471 e. The molecule has 0 unspecified atom stereocenters. The van der Waals surface area contributed by atoms with E-state index in [0.29, 0.717) is 29.5 Å². The molecule has 1 amide bonds. The third-order valence-corrected chi connectivity index (χ3v) is 3.89. The quantitative estimate of drug-likeness (QED) is 0.905. The Kier molecular flexibility index (Phi) is 4.16. The molecule has 0 spiro atoms. The standard InChI is InChI=1S/C15H14F3N3O3/c16-15(17,18)14(23)21-5-3-9(4-6-21)24-10-1-2-12-11(7-10)13(22)20-8-19-12/h1-2,7-9H,3-6H2,(H,19,20,22). The highest BCUT2D eigenvalue weighted by atomic mass is 19.4. The maximum atomic E-state index is 12.4. The molecular formula is C15H14F3N3O3. The van der Waals surface area contributed by atoms with Gasteiger partial charge in [0.15, 0.2) is 0 Å². The Balaban J connectivity index is 1.65. The predicted octanol–water partition coefficient (Wildman–Crippen LogP) is 1.86. The number of piperidine rings is 1. The summed E-state index contributed by atoms with van der Waals surface area (Å²) in [6, 6.07) is 4.85. The van der Waals surface area contributed by atoms with Crippen molar-refractivity contribution < 1.29 is 22.7 Å². The van der Waals surface area contributed by atoms with Gasteiger partial charge >= 0.3 is 12.1 Å². The normalized spacial score (nSPS) is 16.4. The number of benzene rings is 1. The molecule has 1 fully saturated rings. The number of hydrogen-bond donors (Lipinski definition) is 1. The van der Waals surface area contributed by atoms with E-state index in [4.69, 9.17) is 4.74 Å². The molecule has 0 bridgehead atoms. The van der Waals surface area contributed by atoms with Crippen molar-refractivity contribution in [2.24, 2.45) is 0 Å². The number of aromatic nitrogens is 2. The number of hydrogen-bond acceptors (Lipinski definition) is 4. The fourth-order valence-corrected chi connectivity index (χ4v) is 2.67. The van der Waals surface area contributed by atoms with Crippen LogP contribution in [0, 0.1) is 0 Å². The molecule has 1 aromatic carbocycles. The van der Waals surface area contributed by atoms with Gasteiger partial charge in [-0.3, -0.25) is 9.59 Å². The first kappa shape index (κ1) is 16.3. The molecule has 1 N–H and O–H groups in total. The molecule has 3 rings (SSSR count). The molecule has 0 aliphatic carbocycles. The van der Waals surface area contributed by atoms with Crippen LogP contribution >= 0.6 is 0 Å². The third kappa shape index (κ3) is 3.34. The average molecular weight is 341 g/mol. The van der Waals surface area contributed by atoms with Gasteiger partial charge in [-0.25, -0.2) is 4.98 Å². The molecule has 24 heavy (non-hydrogen) atoms. The van der Waals surface area contributed by atoms with Gasteiger partial charge in [-0.05, 0) is 18.2 Å². The SMILES string of the molecule is O=C(N1CCC(Oc2ccc3nc[nH]c(=O)c3c2)CC1)C(F)(F)F. The van der Waals surface area contributed by atoms with E-state index < -0.39 is 12.1 Å². The summed E-state index contributed by atoms with van der Waals surface area (Å²) >= 11 is 0. The molecule has 1 aromatic heterocycles. The number of rotatable bonds is 2. The van der Waals surface area contributed by atoms with E-state index in [-0.39, 0.29) is 24.8 Å². The maximum Gasteiger partial charge on any atom is 0.471 e. The molecule has 1 aliphatic heterocycles. The highest BCUT2D eigenvalue weighted by molar-refractivity contribution is 5.82. The summed E-state index contributed by atoms with van der Waals surface area (Å²) in [5, 5.41) is 0.375. The molecule has 2 aromatic rings. The molecule has 0 atom stereocenters. The van der Waals surface area contributed by atoms with E-state index in [1.807, 2.05) is 0 Å². The first-order valence-electron chi connectivity index (χ1n) is 7.35. The second kappa shape index (κ2) is 6.14. The minimum absolute atomic E-state index is 0.0151. The van der Waals surface area contributed by atoms with Crippen LogP contribution < -0.4 is 10.3 Å². The van der Waals surface area contributed by atoms with Crippen LogP contribution in [0.2, 0.25) is 0 Å². The van der Waals surface area contributed by atoms with Crippen molar-refractivity contribution in [3.05, 3.63) is 34.9 Å². The summed E-state index contributed by atoms with van der Waals surface area (Å²) in [6.45, 7) is -0.0303. The van der Waals surface area contributed by atoms with Gasteiger partial charge in [-0.2, -0.15) is 13.2 Å². The molecule has 9 heteroatoms. The lowest BCUT2D eigenvalue weighted by molar-refractivity contribution is -0.187. The summed E-state index contributed by atoms with van der Waals surface area (Å²) in [5.41, 5.74) is 0.229. The van der Waals surface area contributed by atoms with Crippen molar-refractivity contribution in [3.8, 4) is 5.75 Å². The zero-order valence-electron chi connectivity index (χ0n) is 12.5. The molecule has 6 nitrogen and oxygen atoms in total. The van der Waals surface area contributed by atoms with Crippen LogP contribution in [0.5, 0.6) is 5.75 Å². The van der Waals surface area contributed by atoms with Gasteiger partial charge < -0.3 is 14.6 Å². The number of likely N-dealkylation sites (tertiary alicyclic amines) is 1. The molecular weight excluding hydrogens is 327 g/mol. The zero-order valence-corrected chi connectivity index (χ0v) is 12.5. The van der Waals surface area contributed by atoms with Gasteiger partial charge in [-0.1, -0.05) is 0 Å². The highest BCUT2D eigenvalue weighted by Crippen LogP contribution is 2.24. The second-order valence-corrected chi connectivity index (χ2v) is 5.52. The van der Waals surface area contributed by atoms with Gasteiger partial charge in [0.05, 0.1) is 17.2 Å². The molecule has 2 heterocycles. The third-order valence-electron chi connectivity index (χ3n) is 3.89. The van der Waals surface area contributed by atoms with Crippen molar-refractivity contribution in [2.75, 3.05) is 13.1 Å². The summed E-state index contributed by atoms with van der Waals surface area (Å²) in [4.78, 5) is 30.2. The van der Waals surface area contributed by atoms with E-state index in [9.17, 15) is 22.8 Å². The number of halogens is 3. The van der Waals surface area contributed by atoms with E-state index in [0.717, 1.165) is 4.90 Å². The number of carbonyl (C=O) groups excluding carboxylic acids is 1. The fourth-order valence-electron chi connectivity index (χ4n) is 2.67. The number of amides is 1. The summed E-state index contributed by atoms with van der Waals surface area (Å²) < 4.78 is 42.9. The Labute approximate surface area is 134 Å². The van der Waals surface area contributed by atoms with Crippen molar-refractivity contribution in [2.45, 2.75) is 25.1 Å². The summed E-state index contributed by atoms with van der Waals surface area (Å²) in [5.74, 6) is -1.37. The Morgan fingerprint density at radius 2 is 2.00 bits per heavy atom. The summed E-state index contributed by atoms with van der Waals surface area (Å²) in [7, 11) is 0. The largest absolute Gasteiger partial charge is 0.490 e. The predicted molar refractivity (Wildman–Crippen MR) is 78.6 cm³/mol. The number of fused-ring (bicyclic) bond motifs is 1.